The smallest absolute Gasteiger partial charge is 0.390 e. The highest BCUT2D eigenvalue weighted by atomic mass is 31.2. The van der Waals surface area contributed by atoms with E-state index < -0.39 is 42.4 Å². The van der Waals surface area contributed by atoms with Crippen molar-refractivity contribution in [2.45, 2.75) is 18.2 Å². The van der Waals surface area contributed by atoms with Crippen molar-refractivity contribution >= 4 is 13.6 Å². The topological polar surface area (TPSA) is 93.3 Å². The van der Waals surface area contributed by atoms with Crippen molar-refractivity contribution in [1.29, 1.82) is 0 Å². The summed E-state index contributed by atoms with van der Waals surface area (Å²) in [5, 5.41) is 10.8. The van der Waals surface area contributed by atoms with Crippen molar-refractivity contribution in [1.82, 2.24) is 18.9 Å². The van der Waals surface area contributed by atoms with E-state index in [1.54, 1.807) is 0 Å². The van der Waals surface area contributed by atoms with E-state index in [9.17, 15) is 36.6 Å². The van der Waals surface area contributed by atoms with Crippen LogP contribution in [0.3, 0.4) is 0 Å². The van der Waals surface area contributed by atoms with Gasteiger partial charge in [-0.1, -0.05) is 4.98 Å². The van der Waals surface area contributed by atoms with Crippen LogP contribution in [0.5, 0.6) is 0 Å². The van der Waals surface area contributed by atoms with Crippen LogP contribution in [0.1, 0.15) is 11.8 Å². The van der Waals surface area contributed by atoms with E-state index in [0.29, 0.717) is 10.8 Å². The van der Waals surface area contributed by atoms with Crippen molar-refractivity contribution in [3.63, 3.8) is 0 Å². The maximum Gasteiger partial charge on any atom is 0.456 e. The Hall–Kier alpha value is -1.63. The molecule has 2 fully saturated rings. The molecular formula is C11H13F5N5O4P. The Bertz CT molecular complexity index is 760. The Kier molecular flexibility index (Phi) is 4.37. The molecule has 1 unspecified atom stereocenters. The molecule has 1 aromatic rings. The fourth-order valence-corrected chi connectivity index (χ4v) is 4.65. The van der Waals surface area contributed by atoms with Gasteiger partial charge in [0, 0.05) is 26.2 Å². The molecule has 0 N–H and O–H groups in total. The maximum absolute atomic E-state index is 14.2. The summed E-state index contributed by atoms with van der Waals surface area (Å²) >= 11 is 0. The summed E-state index contributed by atoms with van der Waals surface area (Å²) in [7, 11) is -3.18. The highest BCUT2D eigenvalue weighted by Gasteiger charge is 2.67. The van der Waals surface area contributed by atoms with E-state index in [4.69, 9.17) is 4.52 Å². The van der Waals surface area contributed by atoms with Crippen LogP contribution in [-0.2, 0) is 16.1 Å². The molecule has 0 amide bonds. The van der Waals surface area contributed by atoms with Gasteiger partial charge in [0.25, 0.3) is 0 Å². The minimum absolute atomic E-state index is 0.226. The Morgan fingerprint density at radius 2 is 1.73 bits per heavy atom. The first-order chi connectivity index (χ1) is 11.9. The number of nitrogens with zero attached hydrogens (tertiary/aromatic N) is 5. The van der Waals surface area contributed by atoms with Crippen LogP contribution in [0.15, 0.2) is 6.20 Å². The van der Waals surface area contributed by atoms with Crippen LogP contribution in [0.25, 0.3) is 0 Å². The number of halogens is 5. The first-order valence-electron chi connectivity index (χ1n) is 7.29. The number of imidazole rings is 1. The SMILES string of the molecule is Cn1c(C(OP(=O)(N2CC2)N2CC2)C(F)(F)C(F)(F)F)cnc1[N+](=O)[O-]. The molecule has 0 spiro atoms. The Labute approximate surface area is 143 Å². The van der Waals surface area contributed by atoms with Crippen LogP contribution in [-0.4, -0.2) is 62.1 Å². The molecule has 2 aliphatic heterocycles. The number of hydrogen-bond acceptors (Lipinski definition) is 5. The summed E-state index contributed by atoms with van der Waals surface area (Å²) in [4.78, 5) is 13.0. The summed E-state index contributed by atoms with van der Waals surface area (Å²) in [6.45, 7) is 0.903. The average molecular weight is 405 g/mol. The summed E-state index contributed by atoms with van der Waals surface area (Å²) in [5.74, 6) is -6.39. The van der Waals surface area contributed by atoms with E-state index in [-0.39, 0.29) is 26.2 Å². The van der Waals surface area contributed by atoms with Gasteiger partial charge in [-0.3, -0.25) is 9.09 Å². The Morgan fingerprint density at radius 1 is 1.23 bits per heavy atom. The molecule has 0 aliphatic carbocycles. The predicted octanol–water partition coefficient (Wildman–Crippen LogP) is 2.32. The van der Waals surface area contributed by atoms with E-state index in [0.717, 1.165) is 16.4 Å². The lowest BCUT2D eigenvalue weighted by molar-refractivity contribution is -0.396. The predicted molar refractivity (Wildman–Crippen MR) is 75.4 cm³/mol. The van der Waals surface area contributed by atoms with Crippen LogP contribution >= 0.6 is 7.67 Å². The second kappa shape index (κ2) is 5.94. The standard InChI is InChI=1S/C11H13F5N5O4P/c1-18-7(6-17-9(18)21(22)23)8(10(12,13)11(14,15)16)25-26(24,19-2-3-19)20-4-5-20/h6,8H,2-5H2,1H3. The molecule has 1 aromatic heterocycles. The molecule has 2 saturated heterocycles. The van der Waals surface area contributed by atoms with E-state index in [1.165, 1.54) is 0 Å². The van der Waals surface area contributed by atoms with Gasteiger partial charge in [-0.2, -0.15) is 22.0 Å². The molecule has 0 radical (unpaired) electrons. The number of alkyl halides is 5. The molecular weight excluding hydrogens is 392 g/mol. The Morgan fingerprint density at radius 3 is 2.08 bits per heavy atom. The molecule has 9 nitrogen and oxygen atoms in total. The van der Waals surface area contributed by atoms with Gasteiger partial charge in [0.05, 0.1) is 7.05 Å². The van der Waals surface area contributed by atoms with Gasteiger partial charge >= 0.3 is 25.7 Å². The fourth-order valence-electron chi connectivity index (χ4n) is 2.32. The number of aromatic nitrogens is 2. The van der Waals surface area contributed by atoms with Gasteiger partial charge in [0.2, 0.25) is 0 Å². The summed E-state index contributed by atoms with van der Waals surface area (Å²) < 4.78 is 87.8. The number of hydrogen-bond donors (Lipinski definition) is 0. The summed E-state index contributed by atoms with van der Waals surface area (Å²) in [6.07, 6.45) is -8.59. The highest BCUT2D eigenvalue weighted by molar-refractivity contribution is 7.54. The first kappa shape index (κ1) is 19.1. The minimum atomic E-state index is -6.03. The largest absolute Gasteiger partial charge is 0.456 e. The first-order valence-corrected chi connectivity index (χ1v) is 8.82. The Balaban J connectivity index is 2.05. The van der Waals surface area contributed by atoms with E-state index in [2.05, 4.69) is 4.98 Å². The van der Waals surface area contributed by atoms with Gasteiger partial charge < -0.3 is 10.1 Å². The molecule has 3 rings (SSSR count). The van der Waals surface area contributed by atoms with Crippen molar-refractivity contribution < 1.29 is 36.0 Å². The monoisotopic (exact) mass is 405 g/mol. The molecule has 146 valence electrons. The van der Waals surface area contributed by atoms with Crippen molar-refractivity contribution in [2.24, 2.45) is 7.05 Å². The molecule has 1 atom stereocenters. The van der Waals surface area contributed by atoms with Crippen molar-refractivity contribution in [3.8, 4) is 0 Å². The molecule has 0 bridgehead atoms. The lowest BCUT2D eigenvalue weighted by Crippen LogP contribution is -2.44. The van der Waals surface area contributed by atoms with Gasteiger partial charge in [0.15, 0.2) is 6.10 Å². The molecule has 3 heterocycles. The van der Waals surface area contributed by atoms with E-state index in [1.807, 2.05) is 0 Å². The third kappa shape index (κ3) is 3.10. The van der Waals surface area contributed by atoms with Crippen LogP contribution in [0.4, 0.5) is 27.9 Å². The molecule has 2 aliphatic rings. The second-order valence-electron chi connectivity index (χ2n) is 5.80. The number of nitro groups is 1. The number of rotatable bonds is 7. The zero-order valence-electron chi connectivity index (χ0n) is 13.2. The zero-order valence-corrected chi connectivity index (χ0v) is 14.1. The van der Waals surface area contributed by atoms with Crippen LogP contribution in [0, 0.1) is 10.1 Å². The van der Waals surface area contributed by atoms with Crippen molar-refractivity contribution in [2.75, 3.05) is 26.2 Å². The van der Waals surface area contributed by atoms with Crippen molar-refractivity contribution in [3.05, 3.63) is 22.0 Å². The lowest BCUT2D eigenvalue weighted by atomic mass is 10.1. The van der Waals surface area contributed by atoms with Gasteiger partial charge in [0.1, 0.15) is 11.9 Å². The summed E-state index contributed by atoms with van der Waals surface area (Å²) in [5.41, 5.74) is -0.900. The molecule has 26 heavy (non-hydrogen) atoms. The maximum atomic E-state index is 14.2. The van der Waals surface area contributed by atoms with Gasteiger partial charge in [-0.25, -0.2) is 13.9 Å². The fraction of sp³-hybridized carbons (Fsp3) is 0.727. The third-order valence-corrected chi connectivity index (χ3v) is 6.66. The average Bonchev–Trinajstić information content (AvgIpc) is 3.40. The molecule has 0 saturated carbocycles. The van der Waals surface area contributed by atoms with Gasteiger partial charge in [-0.15, -0.1) is 0 Å². The molecule has 0 aromatic carbocycles. The zero-order chi connectivity index (χ0) is 19.5. The molecule has 15 heteroatoms. The van der Waals surface area contributed by atoms with Crippen LogP contribution in [0.2, 0.25) is 0 Å². The minimum Gasteiger partial charge on any atom is -0.390 e. The van der Waals surface area contributed by atoms with Gasteiger partial charge in [-0.05, 0) is 4.92 Å². The van der Waals surface area contributed by atoms with Crippen LogP contribution < -0.4 is 0 Å². The van der Waals surface area contributed by atoms with E-state index >= 15 is 0 Å². The third-order valence-electron chi connectivity index (χ3n) is 3.94. The highest BCUT2D eigenvalue weighted by Crippen LogP contribution is 2.65. The summed E-state index contributed by atoms with van der Waals surface area (Å²) in [6, 6.07) is 0. The lowest BCUT2D eigenvalue weighted by Gasteiger charge is -2.31. The second-order valence-corrected chi connectivity index (χ2v) is 8.13. The quantitative estimate of drug-likeness (QED) is 0.226. The normalized spacial score (nSPS) is 20.2.